The van der Waals surface area contributed by atoms with Gasteiger partial charge in [0.15, 0.2) is 0 Å². The summed E-state index contributed by atoms with van der Waals surface area (Å²) in [5, 5.41) is 17.3. The first-order valence-electron chi connectivity index (χ1n) is 8.66. The minimum absolute atomic E-state index is 0.000107. The number of hydrogen-bond donors (Lipinski definition) is 2. The highest BCUT2D eigenvalue weighted by Gasteiger charge is 2.25. The number of hydrogen-bond acceptors (Lipinski definition) is 5. The molecule has 0 unspecified atom stereocenters. The van der Waals surface area contributed by atoms with Crippen LogP contribution in [0.1, 0.15) is 18.4 Å². The normalized spacial score (nSPS) is 15.1. The second kappa shape index (κ2) is 8.19. The molecule has 0 aliphatic carbocycles. The molecule has 28 heavy (non-hydrogen) atoms. The Labute approximate surface area is 168 Å². The van der Waals surface area contributed by atoms with E-state index in [9.17, 15) is 13.2 Å². The second-order valence-electron chi connectivity index (χ2n) is 6.60. The third-order valence-corrected chi connectivity index (χ3v) is 6.00. The van der Waals surface area contributed by atoms with Gasteiger partial charge in [-0.1, -0.05) is 11.6 Å². The topological polar surface area (TPSA) is 116 Å². The SMILES string of the molecule is N#Cc1ccc(N2CCC(C(=O)Nc3ccc(S(N)(=O)=O)cc3)CC2)cc1Cl. The summed E-state index contributed by atoms with van der Waals surface area (Å²) < 4.78 is 22.6. The summed E-state index contributed by atoms with van der Waals surface area (Å²) >= 11 is 6.10. The number of amides is 1. The van der Waals surface area contributed by atoms with Crippen molar-refractivity contribution in [2.24, 2.45) is 11.1 Å². The van der Waals surface area contributed by atoms with E-state index in [0.717, 1.165) is 5.69 Å². The molecule has 1 heterocycles. The average Bonchev–Trinajstić information content (AvgIpc) is 2.67. The quantitative estimate of drug-likeness (QED) is 0.791. The third-order valence-electron chi connectivity index (χ3n) is 4.75. The summed E-state index contributed by atoms with van der Waals surface area (Å²) in [4.78, 5) is 14.6. The molecule has 0 spiro atoms. The van der Waals surface area contributed by atoms with Crippen LogP contribution in [0.3, 0.4) is 0 Å². The average molecular weight is 419 g/mol. The predicted molar refractivity (Wildman–Crippen MR) is 108 cm³/mol. The first kappa shape index (κ1) is 20.1. The van der Waals surface area contributed by atoms with Gasteiger partial charge < -0.3 is 10.2 Å². The highest BCUT2D eigenvalue weighted by atomic mass is 35.5. The van der Waals surface area contributed by atoms with Gasteiger partial charge >= 0.3 is 0 Å². The summed E-state index contributed by atoms with van der Waals surface area (Å²) in [5.41, 5.74) is 1.90. The largest absolute Gasteiger partial charge is 0.371 e. The van der Waals surface area contributed by atoms with Crippen molar-refractivity contribution in [3.8, 4) is 6.07 Å². The van der Waals surface area contributed by atoms with Crippen LogP contribution >= 0.6 is 11.6 Å². The molecule has 0 saturated carbocycles. The van der Waals surface area contributed by atoms with Gasteiger partial charge in [-0.15, -0.1) is 0 Å². The fourth-order valence-corrected chi connectivity index (χ4v) is 3.90. The molecule has 1 amide bonds. The second-order valence-corrected chi connectivity index (χ2v) is 8.56. The van der Waals surface area contributed by atoms with Crippen LogP contribution in [0.5, 0.6) is 0 Å². The van der Waals surface area contributed by atoms with Gasteiger partial charge in [-0.2, -0.15) is 5.26 Å². The van der Waals surface area contributed by atoms with Crippen molar-refractivity contribution in [3.63, 3.8) is 0 Å². The van der Waals surface area contributed by atoms with Gasteiger partial charge in [0.2, 0.25) is 15.9 Å². The van der Waals surface area contributed by atoms with Crippen LogP contribution in [-0.4, -0.2) is 27.4 Å². The molecular weight excluding hydrogens is 400 g/mol. The van der Waals surface area contributed by atoms with Crippen molar-refractivity contribution < 1.29 is 13.2 Å². The number of nitrogens with two attached hydrogens (primary N) is 1. The molecule has 2 aromatic carbocycles. The van der Waals surface area contributed by atoms with Gasteiger partial charge in [0.25, 0.3) is 0 Å². The minimum atomic E-state index is -3.75. The van der Waals surface area contributed by atoms with E-state index in [4.69, 9.17) is 22.0 Å². The maximum absolute atomic E-state index is 12.5. The van der Waals surface area contributed by atoms with Crippen molar-refractivity contribution in [3.05, 3.63) is 53.1 Å². The first-order chi connectivity index (χ1) is 13.3. The summed E-state index contributed by atoms with van der Waals surface area (Å²) in [6.07, 6.45) is 1.36. The Morgan fingerprint density at radius 2 is 1.82 bits per heavy atom. The van der Waals surface area contributed by atoms with Crippen molar-refractivity contribution >= 4 is 38.9 Å². The van der Waals surface area contributed by atoms with E-state index in [1.807, 2.05) is 12.1 Å². The molecule has 1 aliphatic heterocycles. The smallest absolute Gasteiger partial charge is 0.238 e. The molecule has 1 fully saturated rings. The molecule has 9 heteroatoms. The summed E-state index contributed by atoms with van der Waals surface area (Å²) in [7, 11) is -3.75. The number of anilines is 2. The molecule has 0 bridgehead atoms. The van der Waals surface area contributed by atoms with Gasteiger partial charge in [-0.3, -0.25) is 4.79 Å². The van der Waals surface area contributed by atoms with Gasteiger partial charge in [-0.05, 0) is 55.3 Å². The van der Waals surface area contributed by atoms with Crippen molar-refractivity contribution in [2.45, 2.75) is 17.7 Å². The van der Waals surface area contributed by atoms with E-state index in [-0.39, 0.29) is 16.7 Å². The lowest BCUT2D eigenvalue weighted by atomic mass is 9.95. The molecule has 0 atom stereocenters. The zero-order valence-electron chi connectivity index (χ0n) is 14.9. The number of rotatable bonds is 4. The molecule has 2 aromatic rings. The third kappa shape index (κ3) is 4.62. The number of primary sulfonamides is 1. The van der Waals surface area contributed by atoms with Crippen LogP contribution < -0.4 is 15.4 Å². The number of nitrogens with zero attached hydrogens (tertiary/aromatic N) is 2. The fourth-order valence-electron chi connectivity index (χ4n) is 3.16. The monoisotopic (exact) mass is 418 g/mol. The molecule has 1 aliphatic rings. The predicted octanol–water partition coefficient (Wildman–Crippen LogP) is 2.71. The summed E-state index contributed by atoms with van der Waals surface area (Å²) in [6, 6.07) is 13.1. The maximum Gasteiger partial charge on any atom is 0.238 e. The number of piperidine rings is 1. The van der Waals surface area contributed by atoms with Gasteiger partial charge in [0.05, 0.1) is 15.5 Å². The number of carbonyl (C=O) groups is 1. The van der Waals surface area contributed by atoms with Crippen LogP contribution in [0.15, 0.2) is 47.4 Å². The number of nitrogens with one attached hydrogen (secondary N) is 1. The molecule has 0 radical (unpaired) electrons. The van der Waals surface area contributed by atoms with Gasteiger partial charge in [0.1, 0.15) is 6.07 Å². The van der Waals surface area contributed by atoms with E-state index in [1.165, 1.54) is 24.3 Å². The van der Waals surface area contributed by atoms with Crippen molar-refractivity contribution in [1.82, 2.24) is 0 Å². The number of sulfonamides is 1. The lowest BCUT2D eigenvalue weighted by molar-refractivity contribution is -0.120. The number of benzene rings is 2. The minimum Gasteiger partial charge on any atom is -0.371 e. The van der Waals surface area contributed by atoms with Crippen LogP contribution in [0.2, 0.25) is 5.02 Å². The van der Waals surface area contributed by atoms with Crippen LogP contribution in [0.25, 0.3) is 0 Å². The van der Waals surface area contributed by atoms with Crippen LogP contribution in [0, 0.1) is 17.2 Å². The van der Waals surface area contributed by atoms with Crippen LogP contribution in [0.4, 0.5) is 11.4 Å². The Morgan fingerprint density at radius 3 is 2.36 bits per heavy atom. The zero-order valence-corrected chi connectivity index (χ0v) is 16.5. The maximum atomic E-state index is 12.5. The molecule has 3 N–H and O–H groups in total. The van der Waals surface area contributed by atoms with Crippen molar-refractivity contribution in [1.29, 1.82) is 5.26 Å². The summed E-state index contributed by atoms with van der Waals surface area (Å²) in [5.74, 6) is -0.233. The van der Waals surface area contributed by atoms with Gasteiger partial charge in [-0.25, -0.2) is 13.6 Å². The zero-order chi connectivity index (χ0) is 20.3. The van der Waals surface area contributed by atoms with E-state index >= 15 is 0 Å². The molecule has 3 rings (SSSR count). The number of nitriles is 1. The lowest BCUT2D eigenvalue weighted by Crippen LogP contribution is -2.38. The van der Waals surface area contributed by atoms with Crippen molar-refractivity contribution in [2.75, 3.05) is 23.3 Å². The van der Waals surface area contributed by atoms with E-state index in [0.29, 0.717) is 42.2 Å². The van der Waals surface area contributed by atoms with E-state index < -0.39 is 10.0 Å². The lowest BCUT2D eigenvalue weighted by Gasteiger charge is -2.33. The van der Waals surface area contributed by atoms with Crippen LogP contribution in [-0.2, 0) is 14.8 Å². The number of halogens is 1. The Balaban J connectivity index is 1.58. The fraction of sp³-hybridized carbons (Fsp3) is 0.263. The molecule has 7 nitrogen and oxygen atoms in total. The highest BCUT2D eigenvalue weighted by molar-refractivity contribution is 7.89. The molecular formula is C19H19ClN4O3S. The molecule has 1 saturated heterocycles. The molecule has 0 aromatic heterocycles. The summed E-state index contributed by atoms with van der Waals surface area (Å²) in [6.45, 7) is 1.40. The van der Waals surface area contributed by atoms with Gasteiger partial charge in [0, 0.05) is 30.4 Å². The Morgan fingerprint density at radius 1 is 1.18 bits per heavy atom. The Kier molecular flexibility index (Phi) is 5.89. The Hall–Kier alpha value is -2.60. The number of carbonyl (C=O) groups excluding carboxylic acids is 1. The highest BCUT2D eigenvalue weighted by Crippen LogP contribution is 2.28. The Bertz CT molecular complexity index is 1020. The first-order valence-corrected chi connectivity index (χ1v) is 10.6. The van der Waals surface area contributed by atoms with E-state index in [1.54, 1.807) is 12.1 Å². The standard InChI is InChI=1S/C19H19ClN4O3S/c20-18-11-16(4-1-14(18)12-21)24-9-7-13(8-10-24)19(25)23-15-2-5-17(6-3-15)28(22,26)27/h1-6,11,13H,7-10H2,(H,23,25)(H2,22,26,27). The molecule has 146 valence electrons. The van der Waals surface area contributed by atoms with E-state index in [2.05, 4.69) is 10.2 Å².